The number of amides is 1. The normalized spacial score (nSPS) is 12.3. The molecule has 0 fully saturated rings. The van der Waals surface area contributed by atoms with Gasteiger partial charge >= 0.3 is 6.09 Å². The van der Waals surface area contributed by atoms with E-state index in [-0.39, 0.29) is 12.4 Å². The number of hydrogen-bond donors (Lipinski definition) is 1. The van der Waals surface area contributed by atoms with Crippen LogP contribution >= 0.6 is 11.6 Å². The number of carbonyl (C=O) groups excluding carboxylic acids is 2. The van der Waals surface area contributed by atoms with Crippen molar-refractivity contribution in [2.24, 2.45) is 5.41 Å². The van der Waals surface area contributed by atoms with Crippen LogP contribution in [0.3, 0.4) is 0 Å². The molecule has 0 saturated heterocycles. The van der Waals surface area contributed by atoms with Gasteiger partial charge in [0.1, 0.15) is 25.0 Å². The van der Waals surface area contributed by atoms with Crippen molar-refractivity contribution in [1.82, 2.24) is 20.1 Å². The molecule has 140 valence electrons. The fourth-order valence-corrected chi connectivity index (χ4v) is 2.18. The minimum Gasteiger partial charge on any atom is -0.461 e. The summed E-state index contributed by atoms with van der Waals surface area (Å²) in [4.78, 5) is 28.4. The van der Waals surface area contributed by atoms with Gasteiger partial charge in [0.15, 0.2) is 0 Å². The van der Waals surface area contributed by atoms with Crippen LogP contribution < -0.4 is 10.1 Å². The number of hydrogen-bond acceptors (Lipinski definition) is 6. The lowest BCUT2D eigenvalue weighted by molar-refractivity contribution is -0.141. The molecule has 1 aromatic heterocycles. The van der Waals surface area contributed by atoms with Crippen molar-refractivity contribution in [2.75, 3.05) is 13.2 Å². The molecule has 8 nitrogen and oxygen atoms in total. The predicted octanol–water partition coefficient (Wildman–Crippen LogP) is 2.85. The van der Waals surface area contributed by atoms with Crippen LogP contribution in [-0.4, -0.2) is 39.8 Å². The fourth-order valence-electron chi connectivity index (χ4n) is 2.05. The van der Waals surface area contributed by atoms with Gasteiger partial charge in [-0.3, -0.25) is 4.79 Å². The molecule has 0 spiro atoms. The number of Topliss-reactive ketones (excluding diaryl/α,β-unsaturated/α-hetero) is 1. The van der Waals surface area contributed by atoms with Crippen LogP contribution in [0.4, 0.5) is 4.79 Å². The number of ketones is 1. The molecule has 26 heavy (non-hydrogen) atoms. The van der Waals surface area contributed by atoms with E-state index in [1.165, 1.54) is 17.3 Å². The zero-order valence-corrected chi connectivity index (χ0v) is 15.6. The topological polar surface area (TPSA) is 95.3 Å². The van der Waals surface area contributed by atoms with Crippen molar-refractivity contribution in [1.29, 1.82) is 0 Å². The van der Waals surface area contributed by atoms with Gasteiger partial charge in [-0.2, -0.15) is 5.10 Å². The first-order chi connectivity index (χ1) is 12.3. The highest BCUT2D eigenvalue weighted by molar-refractivity contribution is 6.30. The number of carbonyl (C=O) groups is 2. The maximum atomic E-state index is 13.1. The number of nitrogens with one attached hydrogen (secondary N) is 1. The highest BCUT2D eigenvalue weighted by Crippen LogP contribution is 2.27. The maximum Gasteiger partial charge on any atom is 0.407 e. The number of benzene rings is 1. The zero-order valence-electron chi connectivity index (χ0n) is 14.8. The molecule has 0 aliphatic rings. The van der Waals surface area contributed by atoms with Gasteiger partial charge in [0.2, 0.25) is 5.78 Å². The van der Waals surface area contributed by atoms with E-state index in [1.807, 2.05) is 0 Å². The molecule has 0 radical (unpaired) electrons. The number of halogens is 1. The average Bonchev–Trinajstić information content (AvgIpc) is 3.13. The van der Waals surface area contributed by atoms with Gasteiger partial charge in [0, 0.05) is 11.6 Å². The molecule has 2 aromatic rings. The van der Waals surface area contributed by atoms with E-state index in [1.54, 1.807) is 45.0 Å². The summed E-state index contributed by atoms with van der Waals surface area (Å²) in [5, 5.41) is 7.07. The zero-order chi connectivity index (χ0) is 19.2. The lowest BCUT2D eigenvalue weighted by Crippen LogP contribution is -2.40. The molecule has 0 bridgehead atoms. The molecule has 0 saturated carbocycles. The smallest absolute Gasteiger partial charge is 0.407 e. The molecule has 9 heteroatoms. The van der Waals surface area contributed by atoms with Crippen molar-refractivity contribution in [3.63, 3.8) is 0 Å². The highest BCUT2D eigenvalue weighted by atomic mass is 35.5. The summed E-state index contributed by atoms with van der Waals surface area (Å²) < 4.78 is 12.2. The summed E-state index contributed by atoms with van der Waals surface area (Å²) in [6.07, 6.45) is 1.05. The molecular formula is C17H21ClN4O4. The van der Waals surface area contributed by atoms with Crippen molar-refractivity contribution >= 4 is 23.5 Å². The second-order valence-electron chi connectivity index (χ2n) is 6.15. The number of alkyl carbamates (subject to hydrolysis) is 1. The molecule has 1 heterocycles. The molecule has 1 unspecified atom stereocenters. The van der Waals surface area contributed by atoms with Crippen LogP contribution in [-0.2, 0) is 9.53 Å². The van der Waals surface area contributed by atoms with Crippen LogP contribution in [0.25, 0.3) is 0 Å². The first kappa shape index (κ1) is 19.7. The molecule has 2 rings (SSSR count). The third-order valence-electron chi connectivity index (χ3n) is 3.51. The van der Waals surface area contributed by atoms with E-state index in [0.717, 1.165) is 0 Å². The summed E-state index contributed by atoms with van der Waals surface area (Å²) >= 11 is 5.88. The maximum absolute atomic E-state index is 13.1. The van der Waals surface area contributed by atoms with Gasteiger partial charge in [-0.25, -0.2) is 14.5 Å². The van der Waals surface area contributed by atoms with Crippen molar-refractivity contribution in [3.8, 4) is 5.75 Å². The van der Waals surface area contributed by atoms with E-state index in [0.29, 0.717) is 17.3 Å². The minimum absolute atomic E-state index is 0.104. The number of rotatable bonds is 8. The van der Waals surface area contributed by atoms with Crippen molar-refractivity contribution < 1.29 is 19.1 Å². The second kappa shape index (κ2) is 8.66. The number of nitrogens with zero attached hydrogens (tertiary/aromatic N) is 3. The summed E-state index contributed by atoms with van der Waals surface area (Å²) in [5.74, 6) is 0.131. The largest absolute Gasteiger partial charge is 0.461 e. The predicted molar refractivity (Wildman–Crippen MR) is 95.0 cm³/mol. The Labute approximate surface area is 156 Å². The Kier molecular flexibility index (Phi) is 6.57. The molecule has 1 N–H and O–H groups in total. The lowest BCUT2D eigenvalue weighted by Gasteiger charge is -2.28. The van der Waals surface area contributed by atoms with E-state index >= 15 is 0 Å². The van der Waals surface area contributed by atoms with Gasteiger partial charge in [-0.1, -0.05) is 11.6 Å². The standard InChI is InChI=1S/C17H21ClN4O4/c1-4-20-16(24)25-9-17(2,3)14(23)15(22-11-19-10-21-22)26-13-7-5-12(18)6-8-13/h5-8,10-11,15H,4,9H2,1-3H3,(H,20,24). The summed E-state index contributed by atoms with van der Waals surface area (Å²) in [7, 11) is 0. The summed E-state index contributed by atoms with van der Waals surface area (Å²) in [6, 6.07) is 6.61. The van der Waals surface area contributed by atoms with Crippen molar-refractivity contribution in [3.05, 3.63) is 41.9 Å². The van der Waals surface area contributed by atoms with Crippen molar-refractivity contribution in [2.45, 2.75) is 27.0 Å². The van der Waals surface area contributed by atoms with Gasteiger partial charge in [0.25, 0.3) is 6.23 Å². The fraction of sp³-hybridized carbons (Fsp3) is 0.412. The van der Waals surface area contributed by atoms with Crippen LogP contribution in [0.2, 0.25) is 5.02 Å². The van der Waals surface area contributed by atoms with Crippen LogP contribution in [0, 0.1) is 5.41 Å². The Morgan fingerprint density at radius 1 is 1.31 bits per heavy atom. The Morgan fingerprint density at radius 2 is 2.00 bits per heavy atom. The highest BCUT2D eigenvalue weighted by Gasteiger charge is 2.38. The first-order valence-electron chi connectivity index (χ1n) is 8.05. The van der Waals surface area contributed by atoms with Gasteiger partial charge < -0.3 is 14.8 Å². The summed E-state index contributed by atoms with van der Waals surface area (Å²) in [5.41, 5.74) is -1.01. The minimum atomic E-state index is -1.06. The van der Waals surface area contributed by atoms with Gasteiger partial charge in [0.05, 0.1) is 5.41 Å². The average molecular weight is 381 g/mol. The number of aromatic nitrogens is 3. The lowest BCUT2D eigenvalue weighted by atomic mass is 9.88. The second-order valence-corrected chi connectivity index (χ2v) is 6.59. The first-order valence-corrected chi connectivity index (χ1v) is 8.42. The van der Waals surface area contributed by atoms with E-state index in [2.05, 4.69) is 15.4 Å². The SMILES string of the molecule is CCNC(=O)OCC(C)(C)C(=O)C(Oc1ccc(Cl)cc1)n1cncn1. The van der Waals surface area contributed by atoms with E-state index < -0.39 is 17.7 Å². The Balaban J connectivity index is 2.17. The van der Waals surface area contributed by atoms with Gasteiger partial charge in [-0.15, -0.1) is 0 Å². The molecule has 0 aliphatic heterocycles. The molecule has 1 atom stereocenters. The van der Waals surface area contributed by atoms with Crippen LogP contribution in [0.1, 0.15) is 27.0 Å². The molecule has 1 amide bonds. The van der Waals surface area contributed by atoms with E-state index in [4.69, 9.17) is 21.1 Å². The quantitative estimate of drug-likeness (QED) is 0.756. The number of ether oxygens (including phenoxy) is 2. The van der Waals surface area contributed by atoms with Crippen LogP contribution in [0.15, 0.2) is 36.9 Å². The Morgan fingerprint density at radius 3 is 2.58 bits per heavy atom. The van der Waals surface area contributed by atoms with Gasteiger partial charge in [-0.05, 0) is 45.0 Å². The Hall–Kier alpha value is -2.61. The molecule has 0 aliphatic carbocycles. The third kappa shape index (κ3) is 5.19. The summed E-state index contributed by atoms with van der Waals surface area (Å²) in [6.45, 7) is 5.45. The molecule has 1 aromatic carbocycles. The monoisotopic (exact) mass is 380 g/mol. The Bertz CT molecular complexity index is 732. The van der Waals surface area contributed by atoms with E-state index in [9.17, 15) is 9.59 Å². The third-order valence-corrected chi connectivity index (χ3v) is 3.77. The molecular weight excluding hydrogens is 360 g/mol. The van der Waals surface area contributed by atoms with Crippen LogP contribution in [0.5, 0.6) is 5.75 Å².